The van der Waals surface area contributed by atoms with Crippen molar-refractivity contribution in [2.45, 2.75) is 12.8 Å². The van der Waals surface area contributed by atoms with Crippen LogP contribution in [-0.4, -0.2) is 41.8 Å². The van der Waals surface area contributed by atoms with Crippen molar-refractivity contribution in [3.05, 3.63) is 3.95 Å². The molecule has 1 aromatic heterocycles. The molecule has 2 N–H and O–H groups in total. The Morgan fingerprint density at radius 2 is 2.60 bits per heavy atom. The summed E-state index contributed by atoms with van der Waals surface area (Å²) in [5.41, 5.74) is 0. The van der Waals surface area contributed by atoms with E-state index in [2.05, 4.69) is 27.5 Å². The first kappa shape index (κ1) is 11.0. The first-order chi connectivity index (χ1) is 7.24. The van der Waals surface area contributed by atoms with Gasteiger partial charge in [0.2, 0.25) is 5.13 Å². The number of aromatic nitrogens is 2. The standard InChI is InChI=1S/C9H16N4S2/c1-13-4-2-3-7(6-13)5-10-8-11-12-9(14)15-8/h7H,2-6H2,1H3,(H,10,11)(H,12,14). The monoisotopic (exact) mass is 244 g/mol. The molecule has 1 atom stereocenters. The average Bonchev–Trinajstić information content (AvgIpc) is 2.62. The Hall–Kier alpha value is -0.460. The lowest BCUT2D eigenvalue weighted by Gasteiger charge is -2.29. The third-order valence-electron chi connectivity index (χ3n) is 2.70. The molecule has 1 unspecified atom stereocenters. The molecule has 2 rings (SSSR count). The van der Waals surface area contributed by atoms with E-state index in [0.717, 1.165) is 21.5 Å². The van der Waals surface area contributed by atoms with Gasteiger partial charge in [0.15, 0.2) is 3.95 Å². The van der Waals surface area contributed by atoms with Crippen molar-refractivity contribution >= 4 is 28.7 Å². The molecule has 84 valence electrons. The van der Waals surface area contributed by atoms with Crippen LogP contribution in [0.2, 0.25) is 0 Å². The molecular weight excluding hydrogens is 228 g/mol. The predicted molar refractivity (Wildman–Crippen MR) is 66.0 cm³/mol. The summed E-state index contributed by atoms with van der Waals surface area (Å²) in [4.78, 5) is 2.39. The average molecular weight is 244 g/mol. The maximum Gasteiger partial charge on any atom is 0.204 e. The number of rotatable bonds is 3. The molecule has 1 aromatic rings. The maximum absolute atomic E-state index is 4.97. The third kappa shape index (κ3) is 3.25. The number of nitrogens with one attached hydrogen (secondary N) is 2. The van der Waals surface area contributed by atoms with Crippen LogP contribution in [0.4, 0.5) is 5.13 Å². The van der Waals surface area contributed by atoms with Crippen LogP contribution in [-0.2, 0) is 0 Å². The summed E-state index contributed by atoms with van der Waals surface area (Å²) in [5, 5.41) is 11.1. The molecule has 0 radical (unpaired) electrons. The van der Waals surface area contributed by atoms with Crippen LogP contribution >= 0.6 is 23.6 Å². The summed E-state index contributed by atoms with van der Waals surface area (Å²) in [6.45, 7) is 3.42. The lowest BCUT2D eigenvalue weighted by atomic mass is 9.99. The van der Waals surface area contributed by atoms with Gasteiger partial charge >= 0.3 is 0 Å². The Balaban J connectivity index is 1.80. The number of aromatic amines is 1. The molecule has 1 aliphatic rings. The molecule has 0 aromatic carbocycles. The minimum atomic E-state index is 0.735. The minimum absolute atomic E-state index is 0.735. The first-order valence-electron chi connectivity index (χ1n) is 5.22. The summed E-state index contributed by atoms with van der Waals surface area (Å²) in [6, 6.07) is 0. The van der Waals surface area contributed by atoms with Crippen LogP contribution in [0.1, 0.15) is 12.8 Å². The molecule has 1 saturated heterocycles. The van der Waals surface area contributed by atoms with Crippen molar-refractivity contribution in [2.75, 3.05) is 32.0 Å². The molecular formula is C9H16N4S2. The lowest BCUT2D eigenvalue weighted by molar-refractivity contribution is 0.217. The fraction of sp³-hybridized carbons (Fsp3) is 0.778. The SMILES string of the molecule is CN1CCCC(CNc2n[nH]c(=S)s2)C1. The fourth-order valence-corrected chi connectivity index (χ4v) is 2.77. The Bertz CT molecular complexity index is 359. The van der Waals surface area contributed by atoms with Crippen LogP contribution in [0.15, 0.2) is 0 Å². The summed E-state index contributed by atoms with van der Waals surface area (Å²) in [7, 11) is 2.19. The minimum Gasteiger partial charge on any atom is -0.360 e. The van der Waals surface area contributed by atoms with E-state index in [4.69, 9.17) is 12.2 Å². The second-order valence-electron chi connectivity index (χ2n) is 4.07. The van der Waals surface area contributed by atoms with Gasteiger partial charge in [-0.2, -0.15) is 0 Å². The van der Waals surface area contributed by atoms with Gasteiger partial charge in [0.05, 0.1) is 0 Å². The maximum atomic E-state index is 4.97. The van der Waals surface area contributed by atoms with Crippen molar-refractivity contribution in [1.29, 1.82) is 0 Å². The van der Waals surface area contributed by atoms with Crippen molar-refractivity contribution in [1.82, 2.24) is 15.1 Å². The quantitative estimate of drug-likeness (QED) is 0.798. The Kier molecular flexibility index (Phi) is 3.71. The zero-order chi connectivity index (χ0) is 10.7. The van der Waals surface area contributed by atoms with Gasteiger partial charge in [0.1, 0.15) is 0 Å². The normalized spacial score (nSPS) is 22.9. The molecule has 15 heavy (non-hydrogen) atoms. The zero-order valence-corrected chi connectivity index (χ0v) is 10.5. The third-order valence-corrected chi connectivity index (χ3v) is 3.75. The van der Waals surface area contributed by atoms with Crippen LogP contribution in [0.3, 0.4) is 0 Å². The largest absolute Gasteiger partial charge is 0.360 e. The molecule has 0 amide bonds. The summed E-state index contributed by atoms with van der Waals surface area (Å²) in [6.07, 6.45) is 2.62. The molecule has 0 saturated carbocycles. The molecule has 0 spiro atoms. The van der Waals surface area contributed by atoms with Crippen LogP contribution in [0.5, 0.6) is 0 Å². The number of nitrogens with zero attached hydrogens (tertiary/aromatic N) is 2. The molecule has 1 aliphatic heterocycles. The van der Waals surface area contributed by atoms with Gasteiger partial charge in [0, 0.05) is 13.1 Å². The fourth-order valence-electron chi connectivity index (χ4n) is 1.98. The van der Waals surface area contributed by atoms with Crippen LogP contribution in [0, 0.1) is 9.87 Å². The van der Waals surface area contributed by atoms with E-state index < -0.39 is 0 Å². The number of H-pyrrole nitrogens is 1. The highest BCUT2D eigenvalue weighted by atomic mass is 32.1. The Morgan fingerprint density at radius 3 is 3.27 bits per heavy atom. The van der Waals surface area contributed by atoms with Crippen LogP contribution in [0.25, 0.3) is 0 Å². The molecule has 2 heterocycles. The van der Waals surface area contributed by atoms with Crippen molar-refractivity contribution in [3.63, 3.8) is 0 Å². The van der Waals surface area contributed by atoms with Gasteiger partial charge in [-0.25, -0.2) is 0 Å². The van der Waals surface area contributed by atoms with Crippen molar-refractivity contribution in [2.24, 2.45) is 5.92 Å². The summed E-state index contributed by atoms with van der Waals surface area (Å²) in [5.74, 6) is 0.737. The Labute approximate surface area is 98.7 Å². The van der Waals surface area contributed by atoms with E-state index in [-0.39, 0.29) is 0 Å². The van der Waals surface area contributed by atoms with E-state index in [1.165, 1.54) is 37.3 Å². The van der Waals surface area contributed by atoms with Gasteiger partial charge in [0.25, 0.3) is 0 Å². The second kappa shape index (κ2) is 5.05. The smallest absolute Gasteiger partial charge is 0.204 e. The van der Waals surface area contributed by atoms with E-state index in [1.54, 1.807) is 0 Å². The summed E-state index contributed by atoms with van der Waals surface area (Å²) >= 11 is 6.48. The Morgan fingerprint density at radius 1 is 1.73 bits per heavy atom. The van der Waals surface area contributed by atoms with Gasteiger partial charge < -0.3 is 10.2 Å². The number of likely N-dealkylation sites (tertiary alicyclic amines) is 1. The van der Waals surface area contributed by atoms with Gasteiger partial charge in [-0.05, 0) is 44.6 Å². The molecule has 0 aliphatic carbocycles. The molecule has 1 fully saturated rings. The van der Waals surface area contributed by atoms with Gasteiger partial charge in [-0.3, -0.25) is 5.10 Å². The van der Waals surface area contributed by atoms with Crippen molar-refractivity contribution < 1.29 is 0 Å². The van der Waals surface area contributed by atoms with Crippen LogP contribution < -0.4 is 5.32 Å². The highest BCUT2D eigenvalue weighted by Gasteiger charge is 2.16. The second-order valence-corrected chi connectivity index (χ2v) is 5.74. The molecule has 6 heteroatoms. The highest BCUT2D eigenvalue weighted by Crippen LogP contribution is 2.17. The lowest BCUT2D eigenvalue weighted by Crippen LogP contribution is -2.35. The number of hydrogen-bond acceptors (Lipinski definition) is 5. The predicted octanol–water partition coefficient (Wildman–Crippen LogP) is 1.95. The van der Waals surface area contributed by atoms with Crippen molar-refractivity contribution in [3.8, 4) is 0 Å². The van der Waals surface area contributed by atoms with E-state index in [0.29, 0.717) is 0 Å². The first-order valence-corrected chi connectivity index (χ1v) is 6.44. The summed E-state index contributed by atoms with van der Waals surface area (Å²) < 4.78 is 0.735. The highest BCUT2D eigenvalue weighted by molar-refractivity contribution is 7.73. The van der Waals surface area contributed by atoms with Gasteiger partial charge in [-0.15, -0.1) is 5.10 Å². The number of piperidine rings is 1. The van der Waals surface area contributed by atoms with E-state index >= 15 is 0 Å². The van der Waals surface area contributed by atoms with Gasteiger partial charge in [-0.1, -0.05) is 11.3 Å². The zero-order valence-electron chi connectivity index (χ0n) is 8.82. The molecule has 0 bridgehead atoms. The number of anilines is 1. The number of hydrogen-bond donors (Lipinski definition) is 2. The van der Waals surface area contributed by atoms with E-state index in [9.17, 15) is 0 Å². The van der Waals surface area contributed by atoms with E-state index in [1.807, 2.05) is 0 Å². The topological polar surface area (TPSA) is 44.0 Å². The molecule has 4 nitrogen and oxygen atoms in total.